The van der Waals surface area contributed by atoms with Gasteiger partial charge < -0.3 is 0 Å². The van der Waals surface area contributed by atoms with Crippen LogP contribution in [0.1, 0.15) is 0 Å². The van der Waals surface area contributed by atoms with Gasteiger partial charge in [0.2, 0.25) is 0 Å². The van der Waals surface area contributed by atoms with Gasteiger partial charge in [-0.3, -0.25) is 0 Å². The molecule has 7 aromatic carbocycles. The first-order valence-electron chi connectivity index (χ1n) is 17.9. The average Bonchev–Trinajstić information content (AvgIpc) is 3.27. The van der Waals surface area contributed by atoms with Crippen LogP contribution in [-0.2, 0) is 0 Å². The standard InChI is InChI=1S/C49H33N5/c1-6-16-36(17-7-1)43-44(37-18-8-2-9-19-37)50-46(51-45(43)38-20-10-3-11-21-38)41-30-26-34(27-31-41)35-28-32-42(33-29-35)49-53-47(39-22-12-4-13-23-39)52-48(54-49)40-24-14-5-15-25-40/h1-33H. The van der Waals surface area contributed by atoms with Crippen LogP contribution in [0.4, 0.5) is 0 Å². The summed E-state index contributed by atoms with van der Waals surface area (Å²) in [5.74, 6) is 2.59. The van der Waals surface area contributed by atoms with Crippen molar-refractivity contribution < 1.29 is 0 Å². The van der Waals surface area contributed by atoms with Crippen LogP contribution in [-0.4, -0.2) is 24.9 Å². The summed E-state index contributed by atoms with van der Waals surface area (Å²) < 4.78 is 0. The first-order chi connectivity index (χ1) is 26.8. The highest BCUT2D eigenvalue weighted by Gasteiger charge is 2.20. The molecule has 54 heavy (non-hydrogen) atoms. The van der Waals surface area contributed by atoms with E-state index in [1.165, 1.54) is 0 Å². The smallest absolute Gasteiger partial charge is 0.164 e. The normalized spacial score (nSPS) is 11.0. The van der Waals surface area contributed by atoms with E-state index in [2.05, 4.69) is 121 Å². The van der Waals surface area contributed by atoms with Gasteiger partial charge in [-0.25, -0.2) is 24.9 Å². The summed E-state index contributed by atoms with van der Waals surface area (Å²) >= 11 is 0. The van der Waals surface area contributed by atoms with Crippen LogP contribution in [0.15, 0.2) is 200 Å². The van der Waals surface area contributed by atoms with Crippen LogP contribution < -0.4 is 0 Å². The molecular formula is C49H33N5. The molecule has 2 aromatic heterocycles. The summed E-state index contributed by atoms with van der Waals surface area (Å²) in [6, 6.07) is 68.1. The van der Waals surface area contributed by atoms with Crippen molar-refractivity contribution in [2.75, 3.05) is 0 Å². The summed E-state index contributed by atoms with van der Waals surface area (Å²) in [4.78, 5) is 25.1. The summed E-state index contributed by atoms with van der Waals surface area (Å²) in [6.07, 6.45) is 0. The number of hydrogen-bond donors (Lipinski definition) is 0. The van der Waals surface area contributed by atoms with Gasteiger partial charge >= 0.3 is 0 Å². The molecule has 0 aliphatic heterocycles. The molecule has 0 aliphatic rings. The Kier molecular flexibility index (Phi) is 8.86. The van der Waals surface area contributed by atoms with E-state index in [4.69, 9.17) is 24.9 Å². The van der Waals surface area contributed by atoms with E-state index in [0.29, 0.717) is 23.3 Å². The predicted octanol–water partition coefficient (Wildman–Crippen LogP) is 12.0. The van der Waals surface area contributed by atoms with Crippen molar-refractivity contribution in [1.82, 2.24) is 24.9 Å². The number of aromatic nitrogens is 5. The minimum Gasteiger partial charge on any atom is -0.227 e. The monoisotopic (exact) mass is 691 g/mol. The largest absolute Gasteiger partial charge is 0.227 e. The highest BCUT2D eigenvalue weighted by Crippen LogP contribution is 2.39. The molecule has 0 saturated heterocycles. The molecule has 5 heteroatoms. The third-order valence-electron chi connectivity index (χ3n) is 9.38. The van der Waals surface area contributed by atoms with Crippen LogP contribution in [0.25, 0.3) is 90.3 Å². The van der Waals surface area contributed by atoms with E-state index in [9.17, 15) is 0 Å². The Morgan fingerprint density at radius 2 is 0.426 bits per heavy atom. The molecule has 0 bridgehead atoms. The Bertz CT molecular complexity index is 2530. The molecule has 0 atom stereocenters. The second-order valence-corrected chi connectivity index (χ2v) is 12.9. The quantitative estimate of drug-likeness (QED) is 0.159. The fourth-order valence-electron chi connectivity index (χ4n) is 6.64. The predicted molar refractivity (Wildman–Crippen MR) is 219 cm³/mol. The van der Waals surface area contributed by atoms with Gasteiger partial charge in [0, 0.05) is 38.9 Å². The molecule has 9 aromatic rings. The molecule has 0 fully saturated rings. The Balaban J connectivity index is 1.08. The Morgan fingerprint density at radius 1 is 0.185 bits per heavy atom. The number of benzene rings is 7. The maximum Gasteiger partial charge on any atom is 0.164 e. The lowest BCUT2D eigenvalue weighted by Crippen LogP contribution is -2.00. The Morgan fingerprint density at radius 3 is 0.759 bits per heavy atom. The van der Waals surface area contributed by atoms with Crippen molar-refractivity contribution in [1.29, 1.82) is 0 Å². The zero-order valence-corrected chi connectivity index (χ0v) is 29.3. The molecule has 0 saturated carbocycles. The first-order valence-corrected chi connectivity index (χ1v) is 17.9. The average molecular weight is 692 g/mol. The second kappa shape index (κ2) is 14.7. The minimum absolute atomic E-state index is 0.629. The summed E-state index contributed by atoms with van der Waals surface area (Å²) in [5.41, 5.74) is 11.9. The fraction of sp³-hybridized carbons (Fsp3) is 0. The molecule has 0 amide bonds. The van der Waals surface area contributed by atoms with Gasteiger partial charge in [0.15, 0.2) is 23.3 Å². The lowest BCUT2D eigenvalue weighted by Gasteiger charge is -2.17. The number of hydrogen-bond acceptors (Lipinski definition) is 5. The summed E-state index contributed by atoms with van der Waals surface area (Å²) in [7, 11) is 0. The van der Waals surface area contributed by atoms with Crippen molar-refractivity contribution in [3.63, 3.8) is 0 Å². The van der Waals surface area contributed by atoms with Gasteiger partial charge in [0.05, 0.1) is 11.4 Å². The number of rotatable bonds is 8. The van der Waals surface area contributed by atoms with Crippen molar-refractivity contribution >= 4 is 0 Å². The van der Waals surface area contributed by atoms with Gasteiger partial charge in [0.25, 0.3) is 0 Å². The molecule has 0 N–H and O–H groups in total. The molecule has 254 valence electrons. The molecule has 5 nitrogen and oxygen atoms in total. The zero-order chi connectivity index (χ0) is 36.1. The van der Waals surface area contributed by atoms with Crippen molar-refractivity contribution in [3.05, 3.63) is 200 Å². The van der Waals surface area contributed by atoms with E-state index in [-0.39, 0.29) is 0 Å². The van der Waals surface area contributed by atoms with E-state index in [1.54, 1.807) is 0 Å². The summed E-state index contributed by atoms with van der Waals surface area (Å²) in [6.45, 7) is 0. The highest BCUT2D eigenvalue weighted by atomic mass is 15.0. The molecule has 0 unspecified atom stereocenters. The van der Waals surface area contributed by atoms with Crippen molar-refractivity contribution in [3.8, 4) is 90.3 Å². The van der Waals surface area contributed by atoms with E-state index >= 15 is 0 Å². The lowest BCUT2D eigenvalue weighted by atomic mass is 9.94. The van der Waals surface area contributed by atoms with Crippen LogP contribution in [0.5, 0.6) is 0 Å². The molecular weight excluding hydrogens is 659 g/mol. The van der Waals surface area contributed by atoms with Gasteiger partial charge in [-0.15, -0.1) is 0 Å². The minimum atomic E-state index is 0.629. The third kappa shape index (κ3) is 6.70. The lowest BCUT2D eigenvalue weighted by molar-refractivity contribution is 1.07. The molecule has 0 spiro atoms. The highest BCUT2D eigenvalue weighted by molar-refractivity contribution is 5.92. The Labute approximate surface area is 314 Å². The van der Waals surface area contributed by atoms with E-state index < -0.39 is 0 Å². The van der Waals surface area contributed by atoms with E-state index in [0.717, 1.165) is 67.0 Å². The van der Waals surface area contributed by atoms with Gasteiger partial charge in [-0.05, 0) is 16.7 Å². The van der Waals surface area contributed by atoms with Crippen molar-refractivity contribution in [2.45, 2.75) is 0 Å². The maximum absolute atomic E-state index is 5.25. The SMILES string of the molecule is c1ccc(-c2nc(-c3ccccc3)nc(-c3ccc(-c4ccc(-c5nc(-c6ccccc6)c(-c6ccccc6)c(-c6ccccc6)n5)cc4)cc3)n2)cc1. The molecule has 0 aliphatic carbocycles. The van der Waals surface area contributed by atoms with Crippen molar-refractivity contribution in [2.24, 2.45) is 0 Å². The fourth-order valence-corrected chi connectivity index (χ4v) is 6.64. The molecule has 0 radical (unpaired) electrons. The number of nitrogens with zero attached hydrogens (tertiary/aromatic N) is 5. The van der Waals surface area contributed by atoms with Crippen LogP contribution in [0, 0.1) is 0 Å². The van der Waals surface area contributed by atoms with Crippen LogP contribution in [0.3, 0.4) is 0 Å². The summed E-state index contributed by atoms with van der Waals surface area (Å²) in [5, 5.41) is 0. The molecule has 9 rings (SSSR count). The van der Waals surface area contributed by atoms with E-state index in [1.807, 2.05) is 78.9 Å². The van der Waals surface area contributed by atoms with Crippen LogP contribution in [0.2, 0.25) is 0 Å². The maximum atomic E-state index is 5.25. The molecule has 2 heterocycles. The topological polar surface area (TPSA) is 64.5 Å². The third-order valence-corrected chi connectivity index (χ3v) is 9.38. The van der Waals surface area contributed by atoms with Gasteiger partial charge in [-0.1, -0.05) is 200 Å². The zero-order valence-electron chi connectivity index (χ0n) is 29.3. The van der Waals surface area contributed by atoms with Gasteiger partial charge in [-0.2, -0.15) is 0 Å². The van der Waals surface area contributed by atoms with Gasteiger partial charge in [0.1, 0.15) is 0 Å². The first kappa shape index (κ1) is 32.5. The van der Waals surface area contributed by atoms with Crippen LogP contribution >= 0.6 is 0 Å². The Hall–Kier alpha value is -7.37. The second-order valence-electron chi connectivity index (χ2n) is 12.9.